The number of carbonyl (C=O) groups is 1. The molecule has 2 aromatic carbocycles. The molecule has 0 aromatic heterocycles. The van der Waals surface area contributed by atoms with Gasteiger partial charge in [-0.2, -0.15) is 0 Å². The van der Waals surface area contributed by atoms with E-state index in [1.165, 1.54) is 37.1 Å². The Morgan fingerprint density at radius 2 is 1.87 bits per heavy atom. The molecule has 0 bridgehead atoms. The van der Waals surface area contributed by atoms with Crippen molar-refractivity contribution in [3.8, 4) is 5.75 Å². The Labute approximate surface area is 181 Å². The van der Waals surface area contributed by atoms with Crippen molar-refractivity contribution in [3.63, 3.8) is 0 Å². The molecule has 1 N–H and O–H groups in total. The Balaban J connectivity index is 0.000000269. The molecule has 0 aliphatic carbocycles. The average molecular weight is 413 g/mol. The summed E-state index contributed by atoms with van der Waals surface area (Å²) >= 11 is 0. The fourth-order valence-corrected chi connectivity index (χ4v) is 3.41. The van der Waals surface area contributed by atoms with Crippen molar-refractivity contribution in [3.05, 3.63) is 59.7 Å². The van der Waals surface area contributed by atoms with Crippen molar-refractivity contribution in [2.75, 3.05) is 38.1 Å². The maximum Gasteiger partial charge on any atom is 0.293 e. The second-order valence-corrected chi connectivity index (χ2v) is 7.32. The first-order valence-corrected chi connectivity index (χ1v) is 11.1. The zero-order valence-electron chi connectivity index (χ0n) is 18.4. The molecule has 0 atom stereocenters. The van der Waals surface area contributed by atoms with Gasteiger partial charge in [0.15, 0.2) is 0 Å². The van der Waals surface area contributed by atoms with Gasteiger partial charge >= 0.3 is 0 Å². The zero-order chi connectivity index (χ0) is 21.4. The molecule has 1 heterocycles. The highest BCUT2D eigenvalue weighted by Gasteiger charge is 2.09. The van der Waals surface area contributed by atoms with Crippen LogP contribution in [0.15, 0.2) is 48.5 Å². The molecule has 164 valence electrons. The molecule has 1 aliphatic rings. The number of hydrogen-bond acceptors (Lipinski definition) is 5. The van der Waals surface area contributed by atoms with Crippen molar-refractivity contribution in [1.82, 2.24) is 4.90 Å². The summed E-state index contributed by atoms with van der Waals surface area (Å²) in [4.78, 5) is 12.2. The van der Waals surface area contributed by atoms with Gasteiger partial charge in [-0.05, 0) is 74.6 Å². The molecule has 0 amide bonds. The molecule has 1 aliphatic heterocycles. The average Bonchev–Trinajstić information content (AvgIpc) is 2.81. The summed E-state index contributed by atoms with van der Waals surface area (Å²) in [6, 6.07) is 16.0. The first-order valence-electron chi connectivity index (χ1n) is 11.1. The highest BCUT2D eigenvalue weighted by Crippen LogP contribution is 2.26. The predicted molar refractivity (Wildman–Crippen MR) is 123 cm³/mol. The minimum Gasteiger partial charge on any atom is -0.494 e. The summed E-state index contributed by atoms with van der Waals surface area (Å²) in [5, 5.41) is 3.43. The molecular weight excluding hydrogens is 376 g/mol. The van der Waals surface area contributed by atoms with E-state index in [4.69, 9.17) is 4.74 Å². The lowest BCUT2D eigenvalue weighted by atomic mass is 10.0. The third-order valence-electron chi connectivity index (χ3n) is 5.21. The van der Waals surface area contributed by atoms with E-state index in [1.54, 1.807) is 0 Å². The molecule has 0 saturated heterocycles. The van der Waals surface area contributed by atoms with Gasteiger partial charge in [-0.3, -0.25) is 4.79 Å². The van der Waals surface area contributed by atoms with Gasteiger partial charge in [-0.15, -0.1) is 0 Å². The molecule has 30 heavy (non-hydrogen) atoms. The number of aryl methyl sites for hydroxylation is 1. The van der Waals surface area contributed by atoms with Crippen molar-refractivity contribution in [1.29, 1.82) is 0 Å². The maximum absolute atomic E-state index is 9.76. The van der Waals surface area contributed by atoms with Crippen LogP contribution in [0, 0.1) is 0 Å². The predicted octanol–water partition coefficient (Wildman–Crippen LogP) is 4.91. The van der Waals surface area contributed by atoms with Gasteiger partial charge in [0.05, 0.1) is 6.61 Å². The number of nitrogens with one attached hydrogen (secondary N) is 1. The second-order valence-electron chi connectivity index (χ2n) is 7.32. The lowest BCUT2D eigenvalue weighted by Gasteiger charge is -2.19. The van der Waals surface area contributed by atoms with Crippen LogP contribution in [0.5, 0.6) is 5.75 Å². The molecule has 0 fully saturated rings. The van der Waals surface area contributed by atoms with Crippen molar-refractivity contribution < 1.29 is 14.3 Å². The van der Waals surface area contributed by atoms with Crippen LogP contribution in [0.25, 0.3) is 0 Å². The van der Waals surface area contributed by atoms with Crippen LogP contribution in [0.2, 0.25) is 0 Å². The van der Waals surface area contributed by atoms with E-state index in [9.17, 15) is 4.79 Å². The van der Waals surface area contributed by atoms with Crippen LogP contribution in [-0.4, -0.2) is 44.2 Å². The van der Waals surface area contributed by atoms with Crippen molar-refractivity contribution >= 4 is 12.2 Å². The van der Waals surface area contributed by atoms with Gasteiger partial charge in [0, 0.05) is 12.2 Å². The van der Waals surface area contributed by atoms with Crippen LogP contribution in [0.1, 0.15) is 44.2 Å². The third-order valence-corrected chi connectivity index (χ3v) is 5.21. The van der Waals surface area contributed by atoms with Gasteiger partial charge in [-0.25, -0.2) is 0 Å². The number of ether oxygens (including phenoxy) is 2. The van der Waals surface area contributed by atoms with E-state index in [0.29, 0.717) is 13.1 Å². The quantitative estimate of drug-likeness (QED) is 0.420. The van der Waals surface area contributed by atoms with Gasteiger partial charge in [-0.1, -0.05) is 44.2 Å². The smallest absolute Gasteiger partial charge is 0.293 e. The fraction of sp³-hybridized carbons (Fsp3) is 0.480. The topological polar surface area (TPSA) is 50.8 Å². The van der Waals surface area contributed by atoms with Crippen LogP contribution >= 0.6 is 0 Å². The molecule has 2 aromatic rings. The van der Waals surface area contributed by atoms with E-state index in [1.807, 2.05) is 30.3 Å². The first kappa shape index (κ1) is 23.7. The number of fused-ring (bicyclic) bond motifs is 1. The van der Waals surface area contributed by atoms with E-state index in [-0.39, 0.29) is 0 Å². The Bertz CT molecular complexity index is 718. The van der Waals surface area contributed by atoms with E-state index < -0.39 is 0 Å². The van der Waals surface area contributed by atoms with E-state index in [2.05, 4.69) is 47.0 Å². The molecule has 0 unspecified atom stereocenters. The number of carbonyl (C=O) groups excluding carboxylic acids is 1. The number of hydrogen-bond donors (Lipinski definition) is 1. The Hall–Kier alpha value is -2.53. The fourth-order valence-electron chi connectivity index (χ4n) is 3.41. The molecule has 0 radical (unpaired) electrons. The Kier molecular flexibility index (Phi) is 11.4. The molecule has 5 nitrogen and oxygen atoms in total. The summed E-state index contributed by atoms with van der Waals surface area (Å²) in [5.74, 6) is 1.02. The molecule has 5 heteroatoms. The van der Waals surface area contributed by atoms with Gasteiger partial charge < -0.3 is 19.7 Å². The standard InChI is InChI=1S/C17H28N2O.C8H8O2/c1-3-19(4-2)12-5-6-13-20-16-9-10-17-15(14-16)8-7-11-18-17;9-7-10-6-8-4-2-1-3-5-8/h9-10,14,18H,3-8,11-13H2,1-2H3;1-5,7H,6H2. The Morgan fingerprint density at radius 1 is 1.07 bits per heavy atom. The largest absolute Gasteiger partial charge is 0.494 e. The van der Waals surface area contributed by atoms with Crippen molar-refractivity contribution in [2.45, 2.75) is 46.1 Å². The summed E-state index contributed by atoms with van der Waals surface area (Å²) in [6.07, 6.45) is 4.74. The summed E-state index contributed by atoms with van der Waals surface area (Å²) in [5.41, 5.74) is 3.69. The third kappa shape index (κ3) is 8.87. The second kappa shape index (κ2) is 14.5. The van der Waals surface area contributed by atoms with Gasteiger partial charge in [0.25, 0.3) is 6.47 Å². The lowest BCUT2D eigenvalue weighted by Crippen LogP contribution is -2.24. The minimum atomic E-state index is 0.365. The number of unbranched alkanes of at least 4 members (excludes halogenated alkanes) is 1. The zero-order valence-corrected chi connectivity index (χ0v) is 18.4. The van der Waals surface area contributed by atoms with Crippen LogP contribution in [0.3, 0.4) is 0 Å². The lowest BCUT2D eigenvalue weighted by molar-refractivity contribution is -0.129. The molecule has 0 saturated carbocycles. The van der Waals surface area contributed by atoms with Crippen LogP contribution in [-0.2, 0) is 22.6 Å². The van der Waals surface area contributed by atoms with Gasteiger partial charge in [0.1, 0.15) is 12.4 Å². The summed E-state index contributed by atoms with van der Waals surface area (Å²) in [6.45, 7) is 10.7. The van der Waals surface area contributed by atoms with Gasteiger partial charge in [0.2, 0.25) is 0 Å². The summed E-state index contributed by atoms with van der Waals surface area (Å²) in [7, 11) is 0. The monoisotopic (exact) mass is 412 g/mol. The number of benzene rings is 2. The number of anilines is 1. The Morgan fingerprint density at radius 3 is 2.60 bits per heavy atom. The minimum absolute atomic E-state index is 0.365. The normalized spacial score (nSPS) is 12.2. The SMILES string of the molecule is CCN(CC)CCCCOc1ccc2c(c1)CCCN2.O=COCc1ccccc1. The highest BCUT2D eigenvalue weighted by molar-refractivity contribution is 5.55. The molecule has 0 spiro atoms. The summed E-state index contributed by atoms with van der Waals surface area (Å²) < 4.78 is 10.4. The van der Waals surface area contributed by atoms with E-state index >= 15 is 0 Å². The van der Waals surface area contributed by atoms with Crippen LogP contribution in [0.4, 0.5) is 5.69 Å². The van der Waals surface area contributed by atoms with E-state index in [0.717, 1.165) is 44.0 Å². The highest BCUT2D eigenvalue weighted by atomic mass is 16.5. The number of rotatable bonds is 11. The first-order chi connectivity index (χ1) is 14.8. The molecule has 3 rings (SSSR count). The molecular formula is C25H36N2O3. The maximum atomic E-state index is 9.76. The van der Waals surface area contributed by atoms with Crippen LogP contribution < -0.4 is 10.1 Å². The van der Waals surface area contributed by atoms with Crippen molar-refractivity contribution in [2.24, 2.45) is 0 Å². The number of nitrogens with zero attached hydrogens (tertiary/aromatic N) is 1.